The third-order valence-electron chi connectivity index (χ3n) is 4.17. The SMILES string of the molecule is Cc1ccc(S(=O)(=O)NNC(=O)c2ccc(OCCC(C)C)cc2)cc1C. The third-order valence-corrected chi connectivity index (χ3v) is 5.41. The van der Waals surface area contributed by atoms with E-state index in [1.165, 1.54) is 6.07 Å². The maximum absolute atomic E-state index is 12.3. The van der Waals surface area contributed by atoms with Gasteiger partial charge in [-0.05, 0) is 73.7 Å². The van der Waals surface area contributed by atoms with Gasteiger partial charge in [0.15, 0.2) is 0 Å². The molecule has 0 aliphatic rings. The van der Waals surface area contributed by atoms with Crippen molar-refractivity contribution in [2.24, 2.45) is 5.92 Å². The predicted octanol–water partition coefficient (Wildman–Crippen LogP) is 3.35. The number of ether oxygens (including phenoxy) is 1. The van der Waals surface area contributed by atoms with Crippen LogP contribution in [0, 0.1) is 19.8 Å². The number of hydrogen-bond acceptors (Lipinski definition) is 4. The number of hydrogen-bond donors (Lipinski definition) is 2. The van der Waals surface area contributed by atoms with Crippen LogP contribution in [0.5, 0.6) is 5.75 Å². The number of amides is 1. The minimum atomic E-state index is -3.84. The average molecular weight is 391 g/mol. The molecule has 0 unspecified atom stereocenters. The second kappa shape index (κ2) is 9.01. The van der Waals surface area contributed by atoms with E-state index in [1.54, 1.807) is 36.4 Å². The monoisotopic (exact) mass is 390 g/mol. The van der Waals surface area contributed by atoms with Gasteiger partial charge in [0.25, 0.3) is 15.9 Å². The lowest BCUT2D eigenvalue weighted by molar-refractivity contribution is 0.0945. The Hall–Kier alpha value is -2.38. The van der Waals surface area contributed by atoms with Crippen LogP contribution in [0.15, 0.2) is 47.4 Å². The molecule has 2 aromatic carbocycles. The van der Waals surface area contributed by atoms with Crippen molar-refractivity contribution in [1.29, 1.82) is 0 Å². The fourth-order valence-electron chi connectivity index (χ4n) is 2.24. The summed E-state index contributed by atoms with van der Waals surface area (Å²) in [6, 6.07) is 11.3. The number of carbonyl (C=O) groups excluding carboxylic acids is 1. The first kappa shape index (κ1) is 20.9. The van der Waals surface area contributed by atoms with Crippen LogP contribution in [0.4, 0.5) is 0 Å². The summed E-state index contributed by atoms with van der Waals surface area (Å²) >= 11 is 0. The van der Waals surface area contributed by atoms with Gasteiger partial charge in [0.2, 0.25) is 0 Å². The molecule has 0 heterocycles. The van der Waals surface area contributed by atoms with Crippen molar-refractivity contribution >= 4 is 15.9 Å². The summed E-state index contributed by atoms with van der Waals surface area (Å²) in [4.78, 5) is 14.4. The van der Waals surface area contributed by atoms with Crippen LogP contribution in [0.3, 0.4) is 0 Å². The fourth-order valence-corrected chi connectivity index (χ4v) is 3.16. The number of sulfonamides is 1. The second-order valence-electron chi connectivity index (χ2n) is 6.86. The lowest BCUT2D eigenvalue weighted by Crippen LogP contribution is -2.41. The topological polar surface area (TPSA) is 84.5 Å². The summed E-state index contributed by atoms with van der Waals surface area (Å²) in [7, 11) is -3.84. The van der Waals surface area contributed by atoms with Gasteiger partial charge in [-0.2, -0.15) is 0 Å². The summed E-state index contributed by atoms with van der Waals surface area (Å²) in [5.74, 6) is 0.680. The van der Waals surface area contributed by atoms with Crippen LogP contribution in [-0.4, -0.2) is 20.9 Å². The lowest BCUT2D eigenvalue weighted by Gasteiger charge is -2.11. The van der Waals surface area contributed by atoms with Gasteiger partial charge in [0.1, 0.15) is 5.75 Å². The molecule has 0 aromatic heterocycles. The number of carbonyl (C=O) groups is 1. The third kappa shape index (κ3) is 6.08. The molecular weight excluding hydrogens is 364 g/mol. The summed E-state index contributed by atoms with van der Waals surface area (Å²) < 4.78 is 30.2. The van der Waals surface area contributed by atoms with E-state index in [0.29, 0.717) is 23.8 Å². The molecule has 7 heteroatoms. The van der Waals surface area contributed by atoms with Gasteiger partial charge in [0, 0.05) is 5.56 Å². The Morgan fingerprint density at radius 2 is 1.70 bits per heavy atom. The Balaban J connectivity index is 1.95. The van der Waals surface area contributed by atoms with Gasteiger partial charge in [0.05, 0.1) is 11.5 Å². The summed E-state index contributed by atoms with van der Waals surface area (Å²) in [5, 5.41) is 0. The zero-order chi connectivity index (χ0) is 20.0. The van der Waals surface area contributed by atoms with Crippen molar-refractivity contribution in [2.75, 3.05) is 6.61 Å². The van der Waals surface area contributed by atoms with E-state index >= 15 is 0 Å². The standard InChI is InChI=1S/C20H26N2O4S/c1-14(2)11-12-26-18-8-6-17(7-9-18)20(23)21-22-27(24,25)19-10-5-15(3)16(4)13-19/h5-10,13-14,22H,11-12H2,1-4H3,(H,21,23). The summed E-state index contributed by atoms with van der Waals surface area (Å²) in [5.41, 5.74) is 4.41. The molecule has 146 valence electrons. The van der Waals surface area contributed by atoms with E-state index in [4.69, 9.17) is 4.74 Å². The molecule has 0 bridgehead atoms. The highest BCUT2D eigenvalue weighted by molar-refractivity contribution is 7.89. The van der Waals surface area contributed by atoms with Gasteiger partial charge >= 0.3 is 0 Å². The van der Waals surface area contributed by atoms with E-state index < -0.39 is 15.9 Å². The Morgan fingerprint density at radius 3 is 2.30 bits per heavy atom. The fraction of sp³-hybridized carbons (Fsp3) is 0.350. The van der Waals surface area contributed by atoms with Gasteiger partial charge in [-0.15, -0.1) is 4.83 Å². The molecule has 27 heavy (non-hydrogen) atoms. The Kier molecular flexibility index (Phi) is 6.98. The predicted molar refractivity (Wildman–Crippen MR) is 105 cm³/mol. The first-order valence-corrected chi connectivity index (χ1v) is 10.3. The zero-order valence-electron chi connectivity index (χ0n) is 16.1. The molecule has 1 amide bonds. The molecule has 0 saturated heterocycles. The molecule has 0 aliphatic carbocycles. The van der Waals surface area contributed by atoms with Crippen LogP contribution in [0.2, 0.25) is 0 Å². The molecule has 0 saturated carbocycles. The molecule has 0 fully saturated rings. The summed E-state index contributed by atoms with van der Waals surface area (Å²) in [6.07, 6.45) is 0.947. The first-order chi connectivity index (χ1) is 12.7. The van der Waals surface area contributed by atoms with Crippen molar-refractivity contribution in [3.8, 4) is 5.75 Å². The van der Waals surface area contributed by atoms with Crippen molar-refractivity contribution < 1.29 is 17.9 Å². The molecular formula is C20H26N2O4S. The molecule has 0 radical (unpaired) electrons. The number of aryl methyl sites for hydroxylation is 2. The highest BCUT2D eigenvalue weighted by Crippen LogP contribution is 2.15. The van der Waals surface area contributed by atoms with E-state index in [1.807, 2.05) is 13.8 Å². The quantitative estimate of drug-likeness (QED) is 0.677. The number of hydrazine groups is 1. The number of benzene rings is 2. The zero-order valence-corrected chi connectivity index (χ0v) is 16.9. The van der Waals surface area contributed by atoms with Crippen LogP contribution in [0.1, 0.15) is 41.8 Å². The van der Waals surface area contributed by atoms with Crippen LogP contribution in [-0.2, 0) is 10.0 Å². The van der Waals surface area contributed by atoms with E-state index in [2.05, 4.69) is 24.1 Å². The van der Waals surface area contributed by atoms with Crippen molar-refractivity contribution in [3.63, 3.8) is 0 Å². The summed E-state index contributed by atoms with van der Waals surface area (Å²) in [6.45, 7) is 8.58. The number of rotatable bonds is 8. The smallest absolute Gasteiger partial charge is 0.266 e. The van der Waals surface area contributed by atoms with Crippen molar-refractivity contribution in [1.82, 2.24) is 10.3 Å². The Labute approximate surface area is 161 Å². The molecule has 2 rings (SSSR count). The van der Waals surface area contributed by atoms with Gasteiger partial charge in [-0.25, -0.2) is 8.42 Å². The molecule has 2 N–H and O–H groups in total. The van der Waals surface area contributed by atoms with Crippen LogP contribution < -0.4 is 15.0 Å². The minimum Gasteiger partial charge on any atom is -0.494 e. The molecule has 0 aliphatic heterocycles. The minimum absolute atomic E-state index is 0.0970. The first-order valence-electron chi connectivity index (χ1n) is 8.81. The highest BCUT2D eigenvalue weighted by atomic mass is 32.2. The molecule has 0 atom stereocenters. The van der Waals surface area contributed by atoms with Crippen LogP contribution >= 0.6 is 0 Å². The maximum Gasteiger partial charge on any atom is 0.266 e. The van der Waals surface area contributed by atoms with Crippen molar-refractivity contribution in [3.05, 3.63) is 59.2 Å². The average Bonchev–Trinajstić information content (AvgIpc) is 2.62. The Morgan fingerprint density at radius 1 is 1.04 bits per heavy atom. The highest BCUT2D eigenvalue weighted by Gasteiger charge is 2.16. The van der Waals surface area contributed by atoms with E-state index in [-0.39, 0.29) is 4.90 Å². The van der Waals surface area contributed by atoms with Crippen molar-refractivity contribution in [2.45, 2.75) is 39.0 Å². The maximum atomic E-state index is 12.3. The number of nitrogens with one attached hydrogen (secondary N) is 2. The molecule has 0 spiro atoms. The van der Waals surface area contributed by atoms with Gasteiger partial charge in [-0.3, -0.25) is 10.2 Å². The largest absolute Gasteiger partial charge is 0.494 e. The van der Waals surface area contributed by atoms with Crippen LogP contribution in [0.25, 0.3) is 0 Å². The van der Waals surface area contributed by atoms with Gasteiger partial charge in [-0.1, -0.05) is 19.9 Å². The van der Waals surface area contributed by atoms with E-state index in [0.717, 1.165) is 17.5 Å². The lowest BCUT2D eigenvalue weighted by atomic mass is 10.1. The van der Waals surface area contributed by atoms with E-state index in [9.17, 15) is 13.2 Å². The van der Waals surface area contributed by atoms with Gasteiger partial charge < -0.3 is 4.74 Å². The second-order valence-corrected chi connectivity index (χ2v) is 8.54. The molecule has 6 nitrogen and oxygen atoms in total. The Bertz CT molecular complexity index is 891. The molecule has 2 aromatic rings. The normalized spacial score (nSPS) is 11.4.